The van der Waals surface area contributed by atoms with Crippen molar-refractivity contribution in [3.63, 3.8) is 0 Å². The largest absolute Gasteiger partial charge is 0.441 e. The molecule has 0 fully saturated rings. The lowest BCUT2D eigenvalue weighted by atomic mass is 10.1. The number of aryl methyl sites for hydroxylation is 3. The van der Waals surface area contributed by atoms with Gasteiger partial charge in [0, 0.05) is 23.4 Å². The summed E-state index contributed by atoms with van der Waals surface area (Å²) in [5, 5.41) is 0. The van der Waals surface area contributed by atoms with Gasteiger partial charge in [-0.1, -0.05) is 17.7 Å². The molecule has 3 aromatic rings. The normalized spacial score (nSPS) is 11.8. The number of aromatic nitrogens is 1. The van der Waals surface area contributed by atoms with Crippen molar-refractivity contribution in [1.82, 2.24) is 9.71 Å². The van der Waals surface area contributed by atoms with Crippen LogP contribution in [0.1, 0.15) is 21.9 Å². The van der Waals surface area contributed by atoms with Gasteiger partial charge in [0.05, 0.1) is 5.69 Å². The summed E-state index contributed by atoms with van der Waals surface area (Å²) in [7, 11) is -3.46. The Morgan fingerprint density at radius 3 is 2.44 bits per heavy atom. The third-order valence-electron chi connectivity index (χ3n) is 3.83. The number of sulfonamides is 1. The molecule has 25 heavy (non-hydrogen) atoms. The summed E-state index contributed by atoms with van der Waals surface area (Å²) in [5.74, 6) is 1.27. The predicted molar refractivity (Wildman–Crippen MR) is 99.4 cm³/mol. The van der Waals surface area contributed by atoms with Gasteiger partial charge in [-0.15, -0.1) is 11.3 Å². The summed E-state index contributed by atoms with van der Waals surface area (Å²) in [6, 6.07) is 11.4. The Morgan fingerprint density at radius 2 is 1.80 bits per heavy atom. The molecule has 0 radical (unpaired) electrons. The molecule has 0 amide bonds. The molecule has 0 saturated heterocycles. The van der Waals surface area contributed by atoms with Gasteiger partial charge < -0.3 is 4.42 Å². The number of nitrogens with one attached hydrogen (secondary N) is 1. The second-order valence-electron chi connectivity index (χ2n) is 5.90. The van der Waals surface area contributed by atoms with Crippen LogP contribution in [0.15, 0.2) is 45.0 Å². The highest BCUT2D eigenvalue weighted by molar-refractivity contribution is 7.91. The molecule has 0 saturated carbocycles. The molecule has 1 N–H and O–H groups in total. The van der Waals surface area contributed by atoms with Gasteiger partial charge in [0.25, 0.3) is 0 Å². The molecule has 132 valence electrons. The van der Waals surface area contributed by atoms with Crippen LogP contribution in [-0.4, -0.2) is 19.9 Å². The van der Waals surface area contributed by atoms with E-state index < -0.39 is 10.0 Å². The Kier molecular flexibility index (Phi) is 5.08. The predicted octanol–water partition coefficient (Wildman–Crippen LogP) is 3.85. The molecular formula is C18H20N2O3S2. The fourth-order valence-corrected chi connectivity index (χ4v) is 4.77. The Bertz CT molecular complexity index is 970. The number of nitrogens with zero attached hydrogens (tertiary/aromatic N) is 1. The fourth-order valence-electron chi connectivity index (χ4n) is 2.41. The lowest BCUT2D eigenvalue weighted by Gasteiger charge is -2.03. The molecule has 0 aliphatic heterocycles. The second kappa shape index (κ2) is 7.11. The third-order valence-corrected chi connectivity index (χ3v) is 6.78. The van der Waals surface area contributed by atoms with Gasteiger partial charge in [-0.25, -0.2) is 18.1 Å². The highest BCUT2D eigenvalue weighted by Gasteiger charge is 2.17. The molecule has 0 aliphatic carbocycles. The number of oxazole rings is 1. The van der Waals surface area contributed by atoms with Crippen LogP contribution in [0, 0.1) is 20.8 Å². The molecule has 7 heteroatoms. The lowest BCUT2D eigenvalue weighted by Crippen LogP contribution is -2.25. The average Bonchev–Trinajstić information content (AvgIpc) is 3.15. The molecule has 0 aliphatic rings. The minimum absolute atomic E-state index is 0.278. The zero-order chi connectivity index (χ0) is 18.0. The van der Waals surface area contributed by atoms with E-state index in [4.69, 9.17) is 4.42 Å². The van der Waals surface area contributed by atoms with Crippen LogP contribution in [0.4, 0.5) is 0 Å². The van der Waals surface area contributed by atoms with Crippen LogP contribution in [-0.2, 0) is 16.4 Å². The second-order valence-corrected chi connectivity index (χ2v) is 9.18. The maximum absolute atomic E-state index is 12.2. The topological polar surface area (TPSA) is 72.2 Å². The van der Waals surface area contributed by atoms with E-state index in [1.54, 1.807) is 12.1 Å². The Balaban J connectivity index is 1.67. The van der Waals surface area contributed by atoms with Crippen LogP contribution >= 0.6 is 11.3 Å². The van der Waals surface area contributed by atoms with Crippen molar-refractivity contribution in [2.24, 2.45) is 0 Å². The molecule has 0 unspecified atom stereocenters. The smallest absolute Gasteiger partial charge is 0.250 e. The van der Waals surface area contributed by atoms with Crippen molar-refractivity contribution in [2.75, 3.05) is 6.54 Å². The molecule has 3 rings (SSSR count). The molecule has 5 nitrogen and oxygen atoms in total. The van der Waals surface area contributed by atoms with E-state index in [-0.39, 0.29) is 6.54 Å². The number of thiophene rings is 1. The maximum Gasteiger partial charge on any atom is 0.250 e. The quantitative estimate of drug-likeness (QED) is 0.709. The zero-order valence-electron chi connectivity index (χ0n) is 14.4. The van der Waals surface area contributed by atoms with Crippen molar-refractivity contribution in [3.05, 3.63) is 58.3 Å². The van der Waals surface area contributed by atoms with Crippen molar-refractivity contribution >= 4 is 21.4 Å². The molecule has 2 aromatic heterocycles. The molecule has 0 spiro atoms. The molecule has 1 aromatic carbocycles. The van der Waals surface area contributed by atoms with E-state index >= 15 is 0 Å². The average molecular weight is 377 g/mol. The van der Waals surface area contributed by atoms with E-state index in [1.807, 2.05) is 45.0 Å². The molecular weight excluding hydrogens is 356 g/mol. The first-order valence-electron chi connectivity index (χ1n) is 7.94. The van der Waals surface area contributed by atoms with E-state index in [2.05, 4.69) is 9.71 Å². The van der Waals surface area contributed by atoms with Crippen LogP contribution in [0.3, 0.4) is 0 Å². The van der Waals surface area contributed by atoms with E-state index in [0.717, 1.165) is 16.1 Å². The van der Waals surface area contributed by atoms with E-state index in [9.17, 15) is 8.42 Å². The van der Waals surface area contributed by atoms with Crippen LogP contribution in [0.5, 0.6) is 0 Å². The number of hydrogen-bond donors (Lipinski definition) is 1. The summed E-state index contributed by atoms with van der Waals surface area (Å²) in [6.07, 6.45) is 0.477. The summed E-state index contributed by atoms with van der Waals surface area (Å²) < 4.78 is 33.2. The van der Waals surface area contributed by atoms with Crippen molar-refractivity contribution in [3.8, 4) is 11.5 Å². The Hall–Kier alpha value is -1.96. The highest BCUT2D eigenvalue weighted by atomic mass is 32.2. The SMILES string of the molecule is Cc1ccc(-c2nc(CCNS(=O)(=O)c3ccc(C)s3)c(C)o2)cc1. The Morgan fingerprint density at radius 1 is 1.08 bits per heavy atom. The van der Waals surface area contributed by atoms with Crippen molar-refractivity contribution < 1.29 is 12.8 Å². The van der Waals surface area contributed by atoms with Gasteiger partial charge in [-0.2, -0.15) is 0 Å². The monoisotopic (exact) mass is 376 g/mol. The van der Waals surface area contributed by atoms with Gasteiger partial charge in [0.15, 0.2) is 0 Å². The third kappa shape index (κ3) is 4.18. The first-order valence-corrected chi connectivity index (χ1v) is 10.2. The summed E-state index contributed by atoms with van der Waals surface area (Å²) in [6.45, 7) is 6.03. The zero-order valence-corrected chi connectivity index (χ0v) is 16.0. The minimum Gasteiger partial charge on any atom is -0.441 e. The summed E-state index contributed by atoms with van der Waals surface area (Å²) in [5.41, 5.74) is 2.85. The Labute approximate surface area is 151 Å². The first-order chi connectivity index (χ1) is 11.8. The van der Waals surface area contributed by atoms with Gasteiger partial charge in [-0.05, 0) is 45.0 Å². The minimum atomic E-state index is -3.46. The van der Waals surface area contributed by atoms with Gasteiger partial charge in [0.1, 0.15) is 9.97 Å². The van der Waals surface area contributed by atoms with E-state index in [1.165, 1.54) is 16.9 Å². The molecule has 0 bridgehead atoms. The number of benzene rings is 1. The lowest BCUT2D eigenvalue weighted by molar-refractivity contribution is 0.538. The van der Waals surface area contributed by atoms with Crippen molar-refractivity contribution in [1.29, 1.82) is 0 Å². The van der Waals surface area contributed by atoms with Crippen LogP contribution in [0.2, 0.25) is 0 Å². The van der Waals surface area contributed by atoms with Crippen LogP contribution < -0.4 is 4.72 Å². The molecule has 0 atom stereocenters. The number of rotatable bonds is 6. The van der Waals surface area contributed by atoms with Gasteiger partial charge in [-0.3, -0.25) is 0 Å². The number of hydrogen-bond acceptors (Lipinski definition) is 5. The highest BCUT2D eigenvalue weighted by Crippen LogP contribution is 2.23. The van der Waals surface area contributed by atoms with Gasteiger partial charge >= 0.3 is 0 Å². The molecule has 2 heterocycles. The summed E-state index contributed by atoms with van der Waals surface area (Å²) in [4.78, 5) is 5.48. The summed E-state index contributed by atoms with van der Waals surface area (Å²) >= 11 is 1.26. The fraction of sp³-hybridized carbons (Fsp3) is 0.278. The standard InChI is InChI=1S/C18H20N2O3S2/c1-12-4-7-15(8-5-12)18-20-16(14(3)23-18)10-11-19-25(21,22)17-9-6-13(2)24-17/h4-9,19H,10-11H2,1-3H3. The maximum atomic E-state index is 12.2. The van der Waals surface area contributed by atoms with Crippen LogP contribution in [0.25, 0.3) is 11.5 Å². The first kappa shape index (κ1) is 17.8. The van der Waals surface area contributed by atoms with Gasteiger partial charge in [0.2, 0.25) is 15.9 Å². The van der Waals surface area contributed by atoms with Crippen molar-refractivity contribution in [2.45, 2.75) is 31.4 Å². The van der Waals surface area contributed by atoms with E-state index in [0.29, 0.717) is 22.3 Å².